The van der Waals surface area contributed by atoms with Crippen LogP contribution in [0.1, 0.15) is 49.9 Å². The van der Waals surface area contributed by atoms with Crippen LogP contribution in [0.3, 0.4) is 0 Å². The van der Waals surface area contributed by atoms with E-state index in [-0.39, 0.29) is 0 Å². The Morgan fingerprint density at radius 3 is 2.52 bits per heavy atom. The van der Waals surface area contributed by atoms with E-state index in [1.54, 1.807) is 18.4 Å². The summed E-state index contributed by atoms with van der Waals surface area (Å²) in [7, 11) is 1.72. The lowest BCUT2D eigenvalue weighted by atomic mass is 10.0. The second-order valence-corrected chi connectivity index (χ2v) is 6.78. The first kappa shape index (κ1) is 16.2. The highest BCUT2D eigenvalue weighted by atomic mass is 32.1. The number of thiophene rings is 1. The second-order valence-electron chi connectivity index (χ2n) is 5.57. The van der Waals surface area contributed by atoms with Gasteiger partial charge in [0.1, 0.15) is 16.2 Å². The van der Waals surface area contributed by atoms with E-state index in [0.717, 1.165) is 41.2 Å². The highest BCUT2D eigenvalue weighted by Crippen LogP contribution is 2.36. The number of hydrogen-bond acceptors (Lipinski definition) is 5. The molecule has 0 amide bonds. The van der Waals surface area contributed by atoms with E-state index in [1.165, 1.54) is 10.4 Å². The quantitative estimate of drug-likeness (QED) is 0.859. The first-order chi connectivity index (χ1) is 9.96. The SMILES string of the molecule is CCCNc1nc(C(C)(CC)OC)nc2sc(C)c(C)c12. The molecule has 0 aliphatic rings. The zero-order chi connectivity index (χ0) is 15.6. The second kappa shape index (κ2) is 6.28. The third-order valence-corrected chi connectivity index (χ3v) is 5.27. The molecule has 21 heavy (non-hydrogen) atoms. The number of fused-ring (bicyclic) bond motifs is 1. The third-order valence-electron chi connectivity index (χ3n) is 4.17. The Morgan fingerprint density at radius 2 is 1.95 bits per heavy atom. The molecule has 0 radical (unpaired) electrons. The molecule has 0 spiro atoms. The topological polar surface area (TPSA) is 47.0 Å². The Balaban J connectivity index is 2.65. The summed E-state index contributed by atoms with van der Waals surface area (Å²) in [6.07, 6.45) is 1.91. The van der Waals surface area contributed by atoms with Crippen LogP contribution >= 0.6 is 11.3 Å². The zero-order valence-electron chi connectivity index (χ0n) is 13.8. The van der Waals surface area contributed by atoms with Gasteiger partial charge in [-0.3, -0.25) is 0 Å². The van der Waals surface area contributed by atoms with Gasteiger partial charge in [-0.05, 0) is 39.2 Å². The molecular weight excluding hydrogens is 282 g/mol. The highest BCUT2D eigenvalue weighted by molar-refractivity contribution is 7.18. The average molecular weight is 307 g/mol. The standard InChI is InChI=1S/C16H25N3OS/c1-7-9-17-13-12-10(3)11(4)21-14(12)19-15(18-13)16(5,8-2)20-6/h7-9H2,1-6H3,(H,17,18,19). The molecule has 5 heteroatoms. The Morgan fingerprint density at radius 1 is 1.24 bits per heavy atom. The van der Waals surface area contributed by atoms with Crippen molar-refractivity contribution < 1.29 is 4.74 Å². The average Bonchev–Trinajstić information content (AvgIpc) is 2.79. The van der Waals surface area contributed by atoms with Crippen LogP contribution in [0, 0.1) is 13.8 Å². The van der Waals surface area contributed by atoms with E-state index in [4.69, 9.17) is 14.7 Å². The van der Waals surface area contributed by atoms with Gasteiger partial charge in [0.2, 0.25) is 0 Å². The van der Waals surface area contributed by atoms with E-state index < -0.39 is 5.60 Å². The van der Waals surface area contributed by atoms with E-state index in [0.29, 0.717) is 0 Å². The van der Waals surface area contributed by atoms with Crippen LogP contribution in [0.4, 0.5) is 5.82 Å². The Hall–Kier alpha value is -1.20. The van der Waals surface area contributed by atoms with Gasteiger partial charge in [-0.1, -0.05) is 13.8 Å². The molecule has 1 atom stereocenters. The predicted molar refractivity (Wildman–Crippen MR) is 90.3 cm³/mol. The van der Waals surface area contributed by atoms with Gasteiger partial charge in [0, 0.05) is 18.5 Å². The van der Waals surface area contributed by atoms with Crippen molar-refractivity contribution in [2.75, 3.05) is 19.0 Å². The molecule has 1 N–H and O–H groups in total. The predicted octanol–water partition coefficient (Wildman–Crippen LogP) is 4.40. The Labute approximate surface area is 131 Å². The summed E-state index contributed by atoms with van der Waals surface area (Å²) in [5.74, 6) is 1.70. The van der Waals surface area contributed by atoms with Crippen molar-refractivity contribution in [1.82, 2.24) is 9.97 Å². The number of hydrogen-bond donors (Lipinski definition) is 1. The van der Waals surface area contributed by atoms with Crippen molar-refractivity contribution in [3.8, 4) is 0 Å². The van der Waals surface area contributed by atoms with Gasteiger partial charge in [-0.15, -0.1) is 11.3 Å². The maximum absolute atomic E-state index is 5.67. The molecule has 0 bridgehead atoms. The van der Waals surface area contributed by atoms with Crippen molar-refractivity contribution in [2.24, 2.45) is 0 Å². The van der Waals surface area contributed by atoms with Crippen LogP contribution < -0.4 is 5.32 Å². The van der Waals surface area contributed by atoms with E-state index in [1.807, 2.05) is 6.92 Å². The van der Waals surface area contributed by atoms with Crippen LogP contribution in [0.15, 0.2) is 0 Å². The molecule has 0 saturated carbocycles. The van der Waals surface area contributed by atoms with Crippen molar-refractivity contribution in [3.63, 3.8) is 0 Å². The molecule has 2 aromatic heterocycles. The summed E-state index contributed by atoms with van der Waals surface area (Å²) in [6, 6.07) is 0. The summed E-state index contributed by atoms with van der Waals surface area (Å²) in [5.41, 5.74) is 0.832. The van der Waals surface area contributed by atoms with E-state index in [9.17, 15) is 0 Å². The molecule has 4 nitrogen and oxygen atoms in total. The number of aryl methyl sites for hydroxylation is 2. The van der Waals surface area contributed by atoms with E-state index >= 15 is 0 Å². The lowest BCUT2D eigenvalue weighted by Crippen LogP contribution is -2.26. The van der Waals surface area contributed by atoms with Crippen LogP contribution in [-0.2, 0) is 10.3 Å². The van der Waals surface area contributed by atoms with Crippen LogP contribution in [0.5, 0.6) is 0 Å². The van der Waals surface area contributed by atoms with E-state index in [2.05, 4.69) is 33.0 Å². The van der Waals surface area contributed by atoms with Gasteiger partial charge in [-0.2, -0.15) is 0 Å². The van der Waals surface area contributed by atoms with Crippen molar-refractivity contribution in [1.29, 1.82) is 0 Å². The molecule has 0 aliphatic heterocycles. The number of ether oxygens (including phenoxy) is 1. The molecule has 0 saturated heterocycles. The summed E-state index contributed by atoms with van der Waals surface area (Å²) in [6.45, 7) is 11.5. The minimum absolute atomic E-state index is 0.442. The first-order valence-corrected chi connectivity index (χ1v) is 8.35. The van der Waals surface area contributed by atoms with Gasteiger partial charge in [-0.25, -0.2) is 9.97 Å². The number of aromatic nitrogens is 2. The molecule has 116 valence electrons. The number of nitrogens with one attached hydrogen (secondary N) is 1. The maximum atomic E-state index is 5.67. The van der Waals surface area contributed by atoms with Crippen LogP contribution in [-0.4, -0.2) is 23.6 Å². The highest BCUT2D eigenvalue weighted by Gasteiger charge is 2.29. The van der Waals surface area contributed by atoms with Crippen molar-refractivity contribution >= 4 is 27.4 Å². The van der Waals surface area contributed by atoms with Gasteiger partial charge in [0.25, 0.3) is 0 Å². The zero-order valence-corrected chi connectivity index (χ0v) is 14.6. The molecule has 0 fully saturated rings. The minimum Gasteiger partial charge on any atom is -0.371 e. The molecule has 0 aliphatic carbocycles. The van der Waals surface area contributed by atoms with Gasteiger partial charge in [0.05, 0.1) is 5.39 Å². The lowest BCUT2D eigenvalue weighted by molar-refractivity contribution is -0.00855. The Kier molecular flexibility index (Phi) is 4.84. The molecule has 2 heterocycles. The summed E-state index contributed by atoms with van der Waals surface area (Å²) in [5, 5.41) is 4.61. The molecule has 2 rings (SSSR count). The number of anilines is 1. The Bertz CT molecular complexity index is 632. The van der Waals surface area contributed by atoms with Crippen LogP contribution in [0.25, 0.3) is 10.2 Å². The summed E-state index contributed by atoms with van der Waals surface area (Å²) >= 11 is 1.73. The van der Waals surface area contributed by atoms with Gasteiger partial charge in [0.15, 0.2) is 5.82 Å². The fourth-order valence-electron chi connectivity index (χ4n) is 2.25. The molecular formula is C16H25N3OS. The molecule has 1 unspecified atom stereocenters. The number of nitrogens with zero attached hydrogens (tertiary/aromatic N) is 2. The normalized spacial score (nSPS) is 14.4. The van der Waals surface area contributed by atoms with Gasteiger partial charge >= 0.3 is 0 Å². The number of methoxy groups -OCH3 is 1. The summed E-state index contributed by atoms with van der Waals surface area (Å²) < 4.78 is 5.67. The number of rotatable bonds is 6. The minimum atomic E-state index is -0.442. The van der Waals surface area contributed by atoms with Crippen molar-refractivity contribution in [2.45, 2.75) is 53.1 Å². The first-order valence-electron chi connectivity index (χ1n) is 7.54. The fraction of sp³-hybridized carbons (Fsp3) is 0.625. The van der Waals surface area contributed by atoms with Gasteiger partial charge < -0.3 is 10.1 Å². The van der Waals surface area contributed by atoms with Crippen LogP contribution in [0.2, 0.25) is 0 Å². The monoisotopic (exact) mass is 307 g/mol. The molecule has 0 aromatic carbocycles. The fourth-order valence-corrected chi connectivity index (χ4v) is 3.28. The maximum Gasteiger partial charge on any atom is 0.163 e. The third kappa shape index (κ3) is 2.90. The van der Waals surface area contributed by atoms with Crippen molar-refractivity contribution in [3.05, 3.63) is 16.3 Å². The smallest absolute Gasteiger partial charge is 0.163 e. The molecule has 2 aromatic rings. The largest absolute Gasteiger partial charge is 0.371 e. The lowest BCUT2D eigenvalue weighted by Gasteiger charge is -2.25. The summed E-state index contributed by atoms with van der Waals surface area (Å²) in [4.78, 5) is 11.9.